The van der Waals surface area contributed by atoms with Gasteiger partial charge in [0.1, 0.15) is 6.04 Å². The van der Waals surface area contributed by atoms with Crippen LogP contribution in [0.25, 0.3) is 21.9 Å². The van der Waals surface area contributed by atoms with Gasteiger partial charge >= 0.3 is 5.97 Å². The molecule has 1 unspecified atom stereocenters. The molecule has 1 heterocycles. The first-order chi connectivity index (χ1) is 12.6. The molecule has 1 aliphatic heterocycles. The molecule has 1 atom stereocenters. The van der Waals surface area contributed by atoms with Gasteiger partial charge in [-0.05, 0) is 46.0 Å². The van der Waals surface area contributed by atoms with Crippen molar-refractivity contribution in [2.24, 2.45) is 0 Å². The molecule has 0 saturated heterocycles. The number of fused-ring (bicyclic) bond motifs is 2. The van der Waals surface area contributed by atoms with Gasteiger partial charge in [0.15, 0.2) is 0 Å². The third-order valence-electron chi connectivity index (χ3n) is 5.09. The summed E-state index contributed by atoms with van der Waals surface area (Å²) in [5, 5.41) is 11.7. The van der Waals surface area contributed by atoms with Crippen molar-refractivity contribution in [3.63, 3.8) is 0 Å². The van der Waals surface area contributed by atoms with Gasteiger partial charge in [0, 0.05) is 12.1 Å². The molecular weight excluding hydrogens is 326 g/mol. The van der Waals surface area contributed by atoms with Crippen LogP contribution < -0.4 is 0 Å². The average Bonchev–Trinajstić information content (AvgIpc) is 2.97. The molecule has 3 aromatic carbocycles. The van der Waals surface area contributed by atoms with Gasteiger partial charge in [0.2, 0.25) is 0 Å². The van der Waals surface area contributed by atoms with Crippen LogP contribution in [0, 0.1) is 0 Å². The Morgan fingerprint density at radius 1 is 1.08 bits per heavy atom. The largest absolute Gasteiger partial charge is 0.480 e. The van der Waals surface area contributed by atoms with E-state index >= 15 is 0 Å². The number of carbonyl (C=O) groups is 2. The minimum Gasteiger partial charge on any atom is -0.480 e. The fourth-order valence-electron chi connectivity index (χ4n) is 3.77. The van der Waals surface area contributed by atoms with Crippen LogP contribution in [0.5, 0.6) is 0 Å². The van der Waals surface area contributed by atoms with Crippen LogP contribution >= 0.6 is 0 Å². The minimum absolute atomic E-state index is 0.196. The fraction of sp³-hybridized carbons (Fsp3) is 0.182. The van der Waals surface area contributed by atoms with E-state index in [1.807, 2.05) is 36.4 Å². The third kappa shape index (κ3) is 2.54. The van der Waals surface area contributed by atoms with E-state index < -0.39 is 12.0 Å². The van der Waals surface area contributed by atoms with E-state index in [1.54, 1.807) is 6.92 Å². The molecule has 1 N–H and O–H groups in total. The van der Waals surface area contributed by atoms with Crippen LogP contribution in [0.3, 0.4) is 0 Å². The maximum atomic E-state index is 12.6. The summed E-state index contributed by atoms with van der Waals surface area (Å²) in [6.45, 7) is 2.13. The molecule has 4 heteroatoms. The topological polar surface area (TPSA) is 57.6 Å². The Balaban J connectivity index is 1.76. The van der Waals surface area contributed by atoms with E-state index in [1.165, 1.54) is 10.3 Å². The van der Waals surface area contributed by atoms with Gasteiger partial charge < -0.3 is 10.0 Å². The summed E-state index contributed by atoms with van der Waals surface area (Å²) < 4.78 is 0. The van der Waals surface area contributed by atoms with Crippen molar-refractivity contribution >= 4 is 22.6 Å². The van der Waals surface area contributed by atoms with Crippen LogP contribution in [0.4, 0.5) is 0 Å². The smallest absolute Gasteiger partial charge is 0.326 e. The van der Waals surface area contributed by atoms with Crippen LogP contribution in [0.2, 0.25) is 0 Å². The lowest BCUT2D eigenvalue weighted by Crippen LogP contribution is -2.40. The lowest BCUT2D eigenvalue weighted by atomic mass is 9.96. The predicted molar refractivity (Wildman–Crippen MR) is 101 cm³/mol. The van der Waals surface area contributed by atoms with Gasteiger partial charge in [-0.15, -0.1) is 0 Å². The summed E-state index contributed by atoms with van der Waals surface area (Å²) in [6.07, 6.45) is 0.394. The average molecular weight is 345 g/mol. The summed E-state index contributed by atoms with van der Waals surface area (Å²) in [5.41, 5.74) is 3.65. The number of hydrogen-bond donors (Lipinski definition) is 1. The van der Waals surface area contributed by atoms with Gasteiger partial charge in [-0.2, -0.15) is 0 Å². The maximum Gasteiger partial charge on any atom is 0.326 e. The zero-order valence-corrected chi connectivity index (χ0v) is 14.5. The first-order valence-electron chi connectivity index (χ1n) is 8.75. The third-order valence-corrected chi connectivity index (χ3v) is 5.09. The van der Waals surface area contributed by atoms with Crippen molar-refractivity contribution in [2.75, 3.05) is 0 Å². The lowest BCUT2D eigenvalue weighted by Gasteiger charge is -2.22. The minimum atomic E-state index is -0.956. The predicted octanol–water partition coefficient (Wildman–Crippen LogP) is 4.33. The second kappa shape index (κ2) is 6.30. The molecule has 0 bridgehead atoms. The van der Waals surface area contributed by atoms with Gasteiger partial charge in [0.05, 0.1) is 0 Å². The number of carboxylic acid groups (broad SMARTS) is 1. The molecule has 4 nitrogen and oxygen atoms in total. The standard InChI is InChI=1S/C22H19NO3/c1-2-20(22(25)26)23-13-16-12-15(10-11-19(16)21(23)24)18-9-5-7-14-6-3-4-8-17(14)18/h3-12,20H,2,13H2,1H3,(H,25,26). The zero-order valence-electron chi connectivity index (χ0n) is 14.5. The number of amides is 1. The van der Waals surface area contributed by atoms with Crippen LogP contribution in [-0.2, 0) is 11.3 Å². The first-order valence-corrected chi connectivity index (χ1v) is 8.75. The summed E-state index contributed by atoms with van der Waals surface area (Å²) in [7, 11) is 0. The van der Waals surface area contributed by atoms with Gasteiger partial charge in [-0.3, -0.25) is 4.79 Å². The second-order valence-corrected chi connectivity index (χ2v) is 6.59. The Morgan fingerprint density at radius 3 is 2.62 bits per heavy atom. The van der Waals surface area contributed by atoms with Gasteiger partial charge in [-0.25, -0.2) is 4.79 Å². The highest BCUT2D eigenvalue weighted by atomic mass is 16.4. The Labute approximate surface area is 151 Å². The SMILES string of the molecule is CCC(C(=O)O)N1Cc2cc(-c3cccc4ccccc34)ccc2C1=O. The van der Waals surface area contributed by atoms with Crippen molar-refractivity contribution < 1.29 is 14.7 Å². The Hall–Kier alpha value is -3.14. The van der Waals surface area contributed by atoms with Crippen molar-refractivity contribution in [1.82, 2.24) is 4.90 Å². The van der Waals surface area contributed by atoms with Crippen LogP contribution in [-0.4, -0.2) is 27.9 Å². The van der Waals surface area contributed by atoms with E-state index in [0.717, 1.165) is 22.1 Å². The highest BCUT2D eigenvalue weighted by molar-refractivity contribution is 6.02. The first kappa shape index (κ1) is 16.3. The molecule has 0 aromatic heterocycles. The molecule has 1 aliphatic rings. The van der Waals surface area contributed by atoms with E-state index in [4.69, 9.17) is 0 Å². The number of hydrogen-bond acceptors (Lipinski definition) is 2. The molecule has 0 fully saturated rings. The monoisotopic (exact) mass is 345 g/mol. The second-order valence-electron chi connectivity index (χ2n) is 6.59. The quantitative estimate of drug-likeness (QED) is 0.766. The molecule has 26 heavy (non-hydrogen) atoms. The fourth-order valence-corrected chi connectivity index (χ4v) is 3.77. The summed E-state index contributed by atoms with van der Waals surface area (Å²) in [5.74, 6) is -1.15. The Morgan fingerprint density at radius 2 is 1.85 bits per heavy atom. The Kier molecular flexibility index (Phi) is 3.96. The number of benzene rings is 3. The highest BCUT2D eigenvalue weighted by Gasteiger charge is 2.35. The molecule has 0 spiro atoms. The van der Waals surface area contributed by atoms with Crippen LogP contribution in [0.1, 0.15) is 29.3 Å². The molecular formula is C22H19NO3. The van der Waals surface area contributed by atoms with Crippen molar-refractivity contribution in [1.29, 1.82) is 0 Å². The molecule has 0 aliphatic carbocycles. The lowest BCUT2D eigenvalue weighted by molar-refractivity contribution is -0.142. The zero-order chi connectivity index (χ0) is 18.3. The highest BCUT2D eigenvalue weighted by Crippen LogP contribution is 2.33. The number of nitrogens with zero attached hydrogens (tertiary/aromatic N) is 1. The molecule has 4 rings (SSSR count). The summed E-state index contributed by atoms with van der Waals surface area (Å²) in [6, 6.07) is 19.4. The number of aliphatic carboxylic acids is 1. The number of rotatable bonds is 4. The van der Waals surface area contributed by atoms with Crippen molar-refractivity contribution in [3.8, 4) is 11.1 Å². The van der Waals surface area contributed by atoms with Gasteiger partial charge in [-0.1, -0.05) is 55.5 Å². The molecule has 0 saturated carbocycles. The molecule has 130 valence electrons. The maximum absolute atomic E-state index is 12.6. The van der Waals surface area contributed by atoms with E-state index in [0.29, 0.717) is 18.5 Å². The van der Waals surface area contributed by atoms with Gasteiger partial charge in [0.25, 0.3) is 5.91 Å². The molecule has 1 amide bonds. The van der Waals surface area contributed by atoms with E-state index in [9.17, 15) is 14.7 Å². The van der Waals surface area contributed by atoms with Crippen molar-refractivity contribution in [3.05, 3.63) is 71.8 Å². The summed E-state index contributed by atoms with van der Waals surface area (Å²) >= 11 is 0. The molecule has 0 radical (unpaired) electrons. The van der Waals surface area contributed by atoms with Crippen LogP contribution in [0.15, 0.2) is 60.7 Å². The normalized spacial score (nSPS) is 14.5. The number of carboxylic acids is 1. The molecule has 3 aromatic rings. The van der Waals surface area contributed by atoms with E-state index in [-0.39, 0.29) is 5.91 Å². The number of carbonyl (C=O) groups excluding carboxylic acids is 1. The Bertz CT molecular complexity index is 1020. The van der Waals surface area contributed by atoms with Crippen molar-refractivity contribution in [2.45, 2.75) is 25.9 Å². The van der Waals surface area contributed by atoms with E-state index in [2.05, 4.69) is 24.3 Å². The summed E-state index contributed by atoms with van der Waals surface area (Å²) in [4.78, 5) is 25.5.